The van der Waals surface area contributed by atoms with E-state index < -0.39 is 0 Å². The smallest absolute Gasteiger partial charge is 0.165 e. The molecule has 0 radical (unpaired) electrons. The van der Waals surface area contributed by atoms with Crippen molar-refractivity contribution in [2.75, 3.05) is 0 Å². The molecule has 0 saturated heterocycles. The lowest BCUT2D eigenvalue weighted by Crippen LogP contribution is -2.01. The maximum Gasteiger partial charge on any atom is 0.165 e. The second kappa shape index (κ2) is 15.2. The number of rotatable bonds is 6. The molecule has 6 nitrogen and oxygen atoms in total. The summed E-state index contributed by atoms with van der Waals surface area (Å²) >= 11 is 1.78. The molecule has 0 aliphatic carbocycles. The molecular formula is C63H37N5OS. The molecule has 0 spiro atoms. The van der Waals surface area contributed by atoms with Crippen molar-refractivity contribution in [3.63, 3.8) is 0 Å². The highest BCUT2D eigenvalue weighted by molar-refractivity contribution is 7.26. The summed E-state index contributed by atoms with van der Waals surface area (Å²) < 4.78 is 13.8. The number of hydrogen-bond acceptors (Lipinski definition) is 5. The average Bonchev–Trinajstić information content (AvgIpc) is 4.18. The van der Waals surface area contributed by atoms with Crippen LogP contribution in [0.5, 0.6) is 0 Å². The minimum absolute atomic E-state index is 0.577. The fourth-order valence-corrected chi connectivity index (χ4v) is 12.0. The number of aromatic nitrogens is 5. The fraction of sp³-hybridized carbons (Fsp3) is 0. The van der Waals surface area contributed by atoms with Crippen LogP contribution in [0, 0.1) is 0 Å². The van der Waals surface area contributed by atoms with Gasteiger partial charge in [-0.3, -0.25) is 0 Å². The lowest BCUT2D eigenvalue weighted by atomic mass is 10.0. The van der Waals surface area contributed by atoms with E-state index >= 15 is 0 Å². The standard InChI is InChI=1S/C63H37N5OS/c1-3-15-38(16-4-1)39-31-34-56-51(35-39)45-32-29-41(37-57(45)69-56)62-64-61(65-63(66-62)49-24-13-23-48-46-21-9-12-28-58(46)70-60(48)49)40-30-33-54-50(36-40)44-20-8-11-26-53(44)68(54)55-27-14-22-47-43-19-7-10-25-52(43)67(59(47)55)42-17-5-2-6-18-42/h1-37H. The van der Waals surface area contributed by atoms with Gasteiger partial charge >= 0.3 is 0 Å². The van der Waals surface area contributed by atoms with Crippen LogP contribution in [-0.2, 0) is 0 Å². The lowest BCUT2D eigenvalue weighted by Gasteiger charge is -2.14. The number of fused-ring (bicyclic) bond motifs is 12. The van der Waals surface area contributed by atoms with E-state index in [0.29, 0.717) is 17.5 Å². The van der Waals surface area contributed by atoms with Crippen LogP contribution in [-0.4, -0.2) is 24.1 Å². The van der Waals surface area contributed by atoms with Gasteiger partial charge < -0.3 is 13.6 Å². The Morgan fingerprint density at radius 3 is 1.77 bits per heavy atom. The van der Waals surface area contributed by atoms with Gasteiger partial charge in [0.25, 0.3) is 0 Å². The van der Waals surface area contributed by atoms with Gasteiger partial charge in [0.2, 0.25) is 0 Å². The molecule has 0 aliphatic rings. The lowest BCUT2D eigenvalue weighted by molar-refractivity contribution is 0.669. The Morgan fingerprint density at radius 2 is 0.943 bits per heavy atom. The molecule has 0 fully saturated rings. The molecule has 0 saturated carbocycles. The van der Waals surface area contributed by atoms with E-state index in [0.717, 1.165) is 87.6 Å². The van der Waals surface area contributed by atoms with Crippen LogP contribution in [0.2, 0.25) is 0 Å². The third kappa shape index (κ3) is 5.89. The normalized spacial score (nSPS) is 12.0. The summed E-state index contributed by atoms with van der Waals surface area (Å²) in [4.78, 5) is 16.0. The van der Waals surface area contributed by atoms with E-state index in [-0.39, 0.29) is 0 Å². The second-order valence-corrected chi connectivity index (χ2v) is 19.0. The first-order valence-electron chi connectivity index (χ1n) is 23.5. The van der Waals surface area contributed by atoms with E-state index in [4.69, 9.17) is 19.4 Å². The Kier molecular flexibility index (Phi) is 8.43. The van der Waals surface area contributed by atoms with Gasteiger partial charge in [-0.15, -0.1) is 11.3 Å². The molecule has 70 heavy (non-hydrogen) atoms. The summed E-state index contributed by atoms with van der Waals surface area (Å²) in [5.74, 6) is 1.80. The van der Waals surface area contributed by atoms with Gasteiger partial charge in [-0.25, -0.2) is 15.0 Å². The monoisotopic (exact) mass is 911 g/mol. The zero-order valence-corrected chi connectivity index (χ0v) is 38.2. The van der Waals surface area contributed by atoms with Crippen molar-refractivity contribution in [2.45, 2.75) is 0 Å². The van der Waals surface area contributed by atoms with Gasteiger partial charge in [0.15, 0.2) is 17.5 Å². The number of para-hydroxylation sites is 4. The predicted octanol–water partition coefficient (Wildman–Crippen LogP) is 17.0. The second-order valence-electron chi connectivity index (χ2n) is 17.9. The van der Waals surface area contributed by atoms with Crippen LogP contribution in [0.4, 0.5) is 0 Å². The van der Waals surface area contributed by atoms with Gasteiger partial charge in [-0.05, 0) is 96.1 Å². The van der Waals surface area contributed by atoms with Gasteiger partial charge in [0.1, 0.15) is 11.2 Å². The number of benzene rings is 10. The summed E-state index contributed by atoms with van der Waals surface area (Å²) in [6.45, 7) is 0. The van der Waals surface area contributed by atoms with Gasteiger partial charge in [0.05, 0.1) is 27.8 Å². The molecule has 15 rings (SSSR count). The SMILES string of the molecule is c1ccc(-c2ccc3oc4cc(-c5nc(-c6ccc7c(c6)c6ccccc6n7-c6cccc7c8ccccc8n(-c8ccccc8)c67)nc(-c6cccc7c6sc6ccccc67)n5)ccc4c3c2)cc1. The minimum Gasteiger partial charge on any atom is -0.456 e. The summed E-state index contributed by atoms with van der Waals surface area (Å²) in [5, 5.41) is 9.22. The van der Waals surface area contributed by atoms with Crippen LogP contribution < -0.4 is 0 Å². The molecule has 10 aromatic carbocycles. The zero-order chi connectivity index (χ0) is 45.9. The molecule has 5 heterocycles. The molecule has 0 aliphatic heterocycles. The first-order valence-corrected chi connectivity index (χ1v) is 24.3. The number of furan rings is 1. The summed E-state index contributed by atoms with van der Waals surface area (Å²) in [7, 11) is 0. The van der Waals surface area contributed by atoms with Crippen LogP contribution in [0.25, 0.3) is 142 Å². The van der Waals surface area contributed by atoms with E-state index in [1.165, 1.54) is 37.3 Å². The predicted molar refractivity (Wildman–Crippen MR) is 290 cm³/mol. The quantitative estimate of drug-likeness (QED) is 0.167. The van der Waals surface area contributed by atoms with Crippen molar-refractivity contribution in [1.29, 1.82) is 0 Å². The van der Waals surface area contributed by atoms with E-state index in [1.807, 2.05) is 6.07 Å². The molecule has 0 atom stereocenters. The van der Waals surface area contributed by atoms with Crippen molar-refractivity contribution >= 4 is 97.1 Å². The van der Waals surface area contributed by atoms with Crippen molar-refractivity contribution in [1.82, 2.24) is 24.1 Å². The Morgan fingerprint density at radius 1 is 0.343 bits per heavy atom. The first kappa shape index (κ1) is 38.9. The molecular weight excluding hydrogens is 875 g/mol. The first-order chi connectivity index (χ1) is 34.7. The summed E-state index contributed by atoms with van der Waals surface area (Å²) in [5.41, 5.74) is 13.4. The Bertz CT molecular complexity index is 4600. The average molecular weight is 912 g/mol. The maximum atomic E-state index is 6.56. The minimum atomic E-state index is 0.577. The summed E-state index contributed by atoms with van der Waals surface area (Å²) in [6.07, 6.45) is 0. The number of hydrogen-bond donors (Lipinski definition) is 0. The molecule has 326 valence electrons. The molecule has 7 heteroatoms. The fourth-order valence-electron chi connectivity index (χ4n) is 10.8. The van der Waals surface area contributed by atoms with Crippen molar-refractivity contribution in [3.05, 3.63) is 224 Å². The van der Waals surface area contributed by atoms with Crippen LogP contribution in [0.15, 0.2) is 229 Å². The third-order valence-electron chi connectivity index (χ3n) is 14.0. The molecule has 0 N–H and O–H groups in total. The van der Waals surface area contributed by atoms with Crippen LogP contribution in [0.1, 0.15) is 0 Å². The van der Waals surface area contributed by atoms with E-state index in [9.17, 15) is 0 Å². The van der Waals surface area contributed by atoms with Gasteiger partial charge in [-0.2, -0.15) is 0 Å². The highest BCUT2D eigenvalue weighted by atomic mass is 32.1. The van der Waals surface area contributed by atoms with E-state index in [2.05, 4.69) is 228 Å². The highest BCUT2D eigenvalue weighted by Gasteiger charge is 2.22. The van der Waals surface area contributed by atoms with Crippen molar-refractivity contribution < 1.29 is 4.42 Å². The molecule has 15 aromatic rings. The molecule has 0 unspecified atom stereocenters. The Balaban J connectivity index is 0.940. The van der Waals surface area contributed by atoms with Crippen LogP contribution >= 0.6 is 11.3 Å². The van der Waals surface area contributed by atoms with Gasteiger partial charge in [0, 0.05) is 74.9 Å². The van der Waals surface area contributed by atoms with E-state index in [1.54, 1.807) is 11.3 Å². The topological polar surface area (TPSA) is 61.7 Å². The molecule has 5 aromatic heterocycles. The molecule has 0 bridgehead atoms. The number of nitrogens with zero attached hydrogens (tertiary/aromatic N) is 5. The Labute approximate surface area is 404 Å². The largest absolute Gasteiger partial charge is 0.456 e. The number of thiophene rings is 1. The zero-order valence-electron chi connectivity index (χ0n) is 37.4. The van der Waals surface area contributed by atoms with Crippen molar-refractivity contribution in [3.8, 4) is 56.7 Å². The Hall–Kier alpha value is -9.17. The van der Waals surface area contributed by atoms with Crippen molar-refractivity contribution in [2.24, 2.45) is 0 Å². The van der Waals surface area contributed by atoms with Gasteiger partial charge in [-0.1, -0.05) is 140 Å². The maximum absolute atomic E-state index is 6.56. The third-order valence-corrected chi connectivity index (χ3v) is 15.2. The highest BCUT2D eigenvalue weighted by Crippen LogP contribution is 2.43. The molecule has 0 amide bonds. The van der Waals surface area contributed by atoms with Crippen LogP contribution in [0.3, 0.4) is 0 Å². The summed E-state index contributed by atoms with van der Waals surface area (Å²) in [6, 6.07) is 79.7.